The third-order valence-corrected chi connectivity index (χ3v) is 8.55. The van der Waals surface area contributed by atoms with Crippen LogP contribution in [0.4, 0.5) is 19.0 Å². The maximum atomic E-state index is 14.9. The maximum Gasteiger partial charge on any atom is 0.257 e. The summed E-state index contributed by atoms with van der Waals surface area (Å²) in [6.07, 6.45) is 0.289. The summed E-state index contributed by atoms with van der Waals surface area (Å²) in [5.41, 5.74) is 9.13. The van der Waals surface area contributed by atoms with E-state index < -0.39 is 48.7 Å². The average Bonchev–Trinajstić information content (AvgIpc) is 3.53. The Labute approximate surface area is 246 Å². The quantitative estimate of drug-likeness (QED) is 0.413. The lowest BCUT2D eigenvalue weighted by Gasteiger charge is -2.36. The number of hydrogen-bond acceptors (Lipinski definition) is 9. The van der Waals surface area contributed by atoms with Gasteiger partial charge in [0.25, 0.3) is 5.91 Å². The highest BCUT2D eigenvalue weighted by molar-refractivity contribution is 5.98. The van der Waals surface area contributed by atoms with Gasteiger partial charge >= 0.3 is 0 Å². The van der Waals surface area contributed by atoms with Crippen LogP contribution in [0.2, 0.25) is 0 Å². The van der Waals surface area contributed by atoms with E-state index in [0.717, 1.165) is 31.7 Å². The third kappa shape index (κ3) is 5.70. The largest absolute Gasteiger partial charge is 0.480 e. The van der Waals surface area contributed by atoms with Crippen LogP contribution in [0.25, 0.3) is 16.8 Å². The number of carbonyl (C=O) groups is 2. The average molecular weight is 602 g/mol. The van der Waals surface area contributed by atoms with E-state index in [9.17, 15) is 22.8 Å². The van der Waals surface area contributed by atoms with Gasteiger partial charge < -0.3 is 25.6 Å². The molecule has 3 aromatic rings. The first kappa shape index (κ1) is 29.1. The summed E-state index contributed by atoms with van der Waals surface area (Å²) in [6, 6.07) is 2.52. The minimum atomic E-state index is -2.86. The van der Waals surface area contributed by atoms with E-state index in [-0.39, 0.29) is 24.5 Å². The molecule has 0 radical (unpaired) electrons. The van der Waals surface area contributed by atoms with Crippen LogP contribution in [-0.2, 0) is 11.3 Å². The summed E-state index contributed by atoms with van der Waals surface area (Å²) in [5.74, 6) is -4.48. The second kappa shape index (κ2) is 11.3. The third-order valence-electron chi connectivity index (χ3n) is 8.55. The number of amides is 2. The second-order valence-corrected chi connectivity index (χ2v) is 11.6. The van der Waals surface area contributed by atoms with Gasteiger partial charge in [0.15, 0.2) is 5.82 Å². The summed E-state index contributed by atoms with van der Waals surface area (Å²) in [6.45, 7) is 3.96. The number of fused-ring (bicyclic) bond motifs is 1. The van der Waals surface area contributed by atoms with Crippen LogP contribution in [0.1, 0.15) is 28.8 Å². The van der Waals surface area contributed by atoms with Crippen molar-refractivity contribution in [3.63, 3.8) is 0 Å². The topological polar surface area (TPSA) is 134 Å². The van der Waals surface area contributed by atoms with Gasteiger partial charge in [-0.25, -0.2) is 27.7 Å². The molecule has 230 valence electrons. The van der Waals surface area contributed by atoms with Gasteiger partial charge in [0.1, 0.15) is 23.6 Å². The number of anilines is 1. The number of pyridine rings is 1. The predicted molar refractivity (Wildman–Crippen MR) is 150 cm³/mol. The van der Waals surface area contributed by atoms with Crippen molar-refractivity contribution in [3.05, 3.63) is 35.8 Å². The van der Waals surface area contributed by atoms with Gasteiger partial charge in [0.05, 0.1) is 25.4 Å². The summed E-state index contributed by atoms with van der Waals surface area (Å²) >= 11 is 0. The Kier molecular flexibility index (Phi) is 7.62. The lowest BCUT2D eigenvalue weighted by Crippen LogP contribution is -2.47. The van der Waals surface area contributed by atoms with E-state index in [1.54, 1.807) is 16.8 Å². The number of hydrogen-bond donors (Lipinski definition) is 2. The molecule has 0 aromatic carbocycles. The molecule has 2 atom stereocenters. The molecular formula is C28H34F3N9O3. The number of nitrogens with one attached hydrogen (secondary N) is 1. The predicted octanol–water partition coefficient (Wildman–Crippen LogP) is 1.45. The number of methoxy groups -OCH3 is 1. The fourth-order valence-corrected chi connectivity index (χ4v) is 6.06. The number of rotatable bonds is 7. The number of nitrogens with zero attached hydrogens (tertiary/aromatic N) is 7. The van der Waals surface area contributed by atoms with Crippen LogP contribution in [0, 0.1) is 5.92 Å². The van der Waals surface area contributed by atoms with Crippen LogP contribution < -0.4 is 15.8 Å². The van der Waals surface area contributed by atoms with E-state index in [1.165, 1.54) is 18.3 Å². The van der Waals surface area contributed by atoms with Gasteiger partial charge in [0.2, 0.25) is 17.7 Å². The molecule has 43 heavy (non-hydrogen) atoms. The smallest absolute Gasteiger partial charge is 0.257 e. The first-order chi connectivity index (χ1) is 20.5. The molecule has 3 aliphatic rings. The van der Waals surface area contributed by atoms with Crippen molar-refractivity contribution >= 4 is 23.1 Å². The van der Waals surface area contributed by atoms with E-state index >= 15 is 0 Å². The molecule has 0 unspecified atom stereocenters. The van der Waals surface area contributed by atoms with Gasteiger partial charge in [-0.3, -0.25) is 14.5 Å². The molecule has 15 heteroatoms. The Balaban J connectivity index is 1.23. The monoisotopic (exact) mass is 601 g/mol. The number of nitrogen functional groups attached to an aromatic ring is 1. The van der Waals surface area contributed by atoms with Gasteiger partial charge in [-0.15, -0.1) is 0 Å². The second-order valence-electron chi connectivity index (χ2n) is 11.6. The van der Waals surface area contributed by atoms with Crippen LogP contribution >= 0.6 is 0 Å². The molecule has 3 N–H and O–H groups in total. The van der Waals surface area contributed by atoms with E-state index in [0.29, 0.717) is 29.1 Å². The molecule has 0 spiro atoms. The zero-order valence-corrected chi connectivity index (χ0v) is 24.0. The number of likely N-dealkylation sites (tertiary alicyclic amines) is 1. The number of halogens is 3. The summed E-state index contributed by atoms with van der Waals surface area (Å²) in [4.78, 5) is 40.3. The van der Waals surface area contributed by atoms with E-state index in [1.807, 2.05) is 6.07 Å². The van der Waals surface area contributed by atoms with Crippen molar-refractivity contribution in [3.8, 4) is 17.1 Å². The number of likely N-dealkylation sites (N-methyl/N-ethyl adjacent to an activating group) is 1. The molecule has 3 aromatic heterocycles. The normalized spacial score (nSPS) is 23.0. The Hall–Kier alpha value is -3.98. The van der Waals surface area contributed by atoms with Crippen molar-refractivity contribution in [2.75, 3.05) is 59.2 Å². The first-order valence-electron chi connectivity index (χ1n) is 14.2. The highest BCUT2D eigenvalue weighted by Gasteiger charge is 2.51. The van der Waals surface area contributed by atoms with Crippen molar-refractivity contribution < 1.29 is 27.5 Å². The molecular weight excluding hydrogens is 567 g/mol. The highest BCUT2D eigenvalue weighted by atomic mass is 19.3. The molecule has 2 saturated heterocycles. The van der Waals surface area contributed by atoms with Gasteiger partial charge in [-0.1, -0.05) is 0 Å². The number of carbonyl (C=O) groups excluding carboxylic acids is 2. The minimum absolute atomic E-state index is 0.0342. The Morgan fingerprint density at radius 2 is 1.88 bits per heavy atom. The number of aromatic nitrogens is 4. The zero-order valence-electron chi connectivity index (χ0n) is 24.0. The molecule has 3 fully saturated rings. The van der Waals surface area contributed by atoms with Gasteiger partial charge in [0, 0.05) is 69.8 Å². The van der Waals surface area contributed by atoms with Crippen molar-refractivity contribution in [2.45, 2.75) is 37.5 Å². The number of alkyl halides is 3. The van der Waals surface area contributed by atoms with Crippen LogP contribution in [0.5, 0.6) is 5.88 Å². The molecule has 5 heterocycles. The molecule has 1 aliphatic carbocycles. The Morgan fingerprint density at radius 1 is 1.14 bits per heavy atom. The number of piperazine rings is 1. The van der Waals surface area contributed by atoms with E-state index in [2.05, 4.69) is 37.2 Å². The SMILES string of the molecule is COc1ncc(-c2cc(CN3CCN(C)CC3)c3c(N)ncnn23)cc1C(=O)N[C@@H]1CN(C(=O)C2CC(F)(F)C2)C[C@@H]1F. The fraction of sp³-hybridized carbons (Fsp3) is 0.536. The van der Waals surface area contributed by atoms with Gasteiger partial charge in [-0.2, -0.15) is 5.10 Å². The highest BCUT2D eigenvalue weighted by Crippen LogP contribution is 2.43. The number of ether oxygens (including phenoxy) is 1. The molecule has 6 rings (SSSR count). The molecule has 2 aliphatic heterocycles. The maximum absolute atomic E-state index is 14.9. The minimum Gasteiger partial charge on any atom is -0.480 e. The van der Waals surface area contributed by atoms with Crippen LogP contribution in [0.3, 0.4) is 0 Å². The zero-order chi connectivity index (χ0) is 30.5. The molecule has 0 bridgehead atoms. The van der Waals surface area contributed by atoms with Crippen LogP contribution in [0.15, 0.2) is 24.7 Å². The fourth-order valence-electron chi connectivity index (χ4n) is 6.06. The van der Waals surface area contributed by atoms with Crippen molar-refractivity contribution in [1.29, 1.82) is 0 Å². The van der Waals surface area contributed by atoms with Gasteiger partial charge in [-0.05, 0) is 24.7 Å². The van der Waals surface area contributed by atoms with Crippen molar-refractivity contribution in [2.24, 2.45) is 5.92 Å². The van der Waals surface area contributed by atoms with E-state index in [4.69, 9.17) is 10.5 Å². The summed E-state index contributed by atoms with van der Waals surface area (Å²) in [5, 5.41) is 7.06. The Morgan fingerprint density at radius 3 is 2.58 bits per heavy atom. The first-order valence-corrected chi connectivity index (χ1v) is 14.2. The molecule has 1 saturated carbocycles. The number of nitrogens with two attached hydrogens (primary N) is 1. The Bertz CT molecular complexity index is 1530. The lowest BCUT2D eigenvalue weighted by molar-refractivity contribution is -0.159. The van der Waals surface area contributed by atoms with Crippen molar-refractivity contribution in [1.82, 2.24) is 39.6 Å². The molecule has 12 nitrogen and oxygen atoms in total. The lowest BCUT2D eigenvalue weighted by atomic mass is 9.80. The van der Waals surface area contributed by atoms with Crippen LogP contribution in [-0.4, -0.2) is 118 Å². The summed E-state index contributed by atoms with van der Waals surface area (Å²) in [7, 11) is 3.46. The molecule has 2 amide bonds. The summed E-state index contributed by atoms with van der Waals surface area (Å²) < 4.78 is 48.5. The standard InChI is InChI=1S/C28H34F3N9O3/c1-37-3-5-38(6-4-37)12-17-8-22(40-23(17)24(32)34-15-35-40)16-7-19(26(43-2)33-11-16)25(41)36-21-14-39(13-20(21)29)27(42)18-9-28(30,31)10-18/h7-8,11,15,18,20-21H,3-6,9-10,12-14H2,1-2H3,(H,36,41)(H2,32,34,35)/t20-,21+/m0/s1.